The number of carbonyl (C=O) groups is 1. The number of benzene rings is 1. The zero-order valence-electron chi connectivity index (χ0n) is 13.0. The number of hydrogen-bond acceptors (Lipinski definition) is 2. The molecule has 1 saturated carbocycles. The average Bonchev–Trinajstić information content (AvgIpc) is 3.04. The van der Waals surface area contributed by atoms with Crippen LogP contribution >= 0.6 is 0 Å². The van der Waals surface area contributed by atoms with Crippen LogP contribution in [0.15, 0.2) is 24.3 Å². The number of nitrogens with one attached hydrogen (secondary N) is 2. The minimum atomic E-state index is -0.200. The molecule has 1 heterocycles. The molecule has 0 bridgehead atoms. The fourth-order valence-corrected chi connectivity index (χ4v) is 3.90. The molecular formula is C18H25FN2O. The maximum atomic E-state index is 13.2. The Hall–Kier alpha value is -1.42. The molecule has 1 aromatic carbocycles. The summed E-state index contributed by atoms with van der Waals surface area (Å²) in [5, 5.41) is 6.46. The third-order valence-electron chi connectivity index (χ3n) is 5.29. The van der Waals surface area contributed by atoms with Crippen molar-refractivity contribution in [3.63, 3.8) is 0 Å². The van der Waals surface area contributed by atoms with Crippen molar-refractivity contribution in [1.82, 2.24) is 10.6 Å². The van der Waals surface area contributed by atoms with Crippen molar-refractivity contribution in [2.75, 3.05) is 19.6 Å². The van der Waals surface area contributed by atoms with Gasteiger partial charge in [-0.3, -0.25) is 4.79 Å². The SMILES string of the molecule is O=C(NCC1(c2ccc(F)cc2)CCCC1)C1CCCNC1. The Morgan fingerprint density at radius 2 is 1.95 bits per heavy atom. The number of halogens is 1. The summed E-state index contributed by atoms with van der Waals surface area (Å²) in [4.78, 5) is 12.4. The highest BCUT2D eigenvalue weighted by atomic mass is 19.1. The van der Waals surface area contributed by atoms with Crippen LogP contribution in [0, 0.1) is 11.7 Å². The Balaban J connectivity index is 1.66. The van der Waals surface area contributed by atoms with Gasteiger partial charge in [-0.2, -0.15) is 0 Å². The predicted molar refractivity (Wildman–Crippen MR) is 85.1 cm³/mol. The van der Waals surface area contributed by atoms with Crippen molar-refractivity contribution in [3.05, 3.63) is 35.6 Å². The first-order chi connectivity index (χ1) is 10.7. The smallest absolute Gasteiger partial charge is 0.224 e. The molecule has 3 rings (SSSR count). The van der Waals surface area contributed by atoms with Crippen molar-refractivity contribution in [3.8, 4) is 0 Å². The summed E-state index contributed by atoms with van der Waals surface area (Å²) >= 11 is 0. The van der Waals surface area contributed by atoms with E-state index in [4.69, 9.17) is 0 Å². The molecular weight excluding hydrogens is 279 g/mol. The minimum Gasteiger partial charge on any atom is -0.355 e. The maximum Gasteiger partial charge on any atom is 0.224 e. The number of rotatable bonds is 4. The molecule has 3 nitrogen and oxygen atoms in total. The van der Waals surface area contributed by atoms with E-state index in [1.807, 2.05) is 12.1 Å². The van der Waals surface area contributed by atoms with Gasteiger partial charge in [0.05, 0.1) is 5.92 Å². The molecule has 120 valence electrons. The summed E-state index contributed by atoms with van der Waals surface area (Å²) in [6.07, 6.45) is 6.55. The molecule has 1 aliphatic carbocycles. The van der Waals surface area contributed by atoms with Gasteiger partial charge in [-0.1, -0.05) is 25.0 Å². The zero-order chi connectivity index (χ0) is 15.4. The quantitative estimate of drug-likeness (QED) is 0.898. The summed E-state index contributed by atoms with van der Waals surface area (Å²) in [7, 11) is 0. The first kappa shape index (κ1) is 15.5. The third kappa shape index (κ3) is 3.32. The number of amides is 1. The van der Waals surface area contributed by atoms with Gasteiger partial charge in [-0.05, 0) is 49.9 Å². The monoisotopic (exact) mass is 304 g/mol. The molecule has 0 radical (unpaired) electrons. The van der Waals surface area contributed by atoms with Gasteiger partial charge in [0.25, 0.3) is 0 Å². The van der Waals surface area contributed by atoms with E-state index in [2.05, 4.69) is 10.6 Å². The van der Waals surface area contributed by atoms with E-state index < -0.39 is 0 Å². The summed E-state index contributed by atoms with van der Waals surface area (Å²) in [6.45, 7) is 2.48. The largest absolute Gasteiger partial charge is 0.355 e. The van der Waals surface area contributed by atoms with Crippen molar-refractivity contribution in [1.29, 1.82) is 0 Å². The molecule has 1 amide bonds. The van der Waals surface area contributed by atoms with Gasteiger partial charge >= 0.3 is 0 Å². The number of piperidine rings is 1. The van der Waals surface area contributed by atoms with Gasteiger partial charge in [0, 0.05) is 18.5 Å². The van der Waals surface area contributed by atoms with Crippen molar-refractivity contribution in [2.24, 2.45) is 5.92 Å². The molecule has 1 atom stereocenters. The first-order valence-corrected chi connectivity index (χ1v) is 8.44. The Kier molecular flexibility index (Phi) is 4.77. The lowest BCUT2D eigenvalue weighted by Gasteiger charge is -2.31. The average molecular weight is 304 g/mol. The van der Waals surface area contributed by atoms with Crippen LogP contribution < -0.4 is 10.6 Å². The van der Waals surface area contributed by atoms with E-state index in [0.29, 0.717) is 6.54 Å². The fraction of sp³-hybridized carbons (Fsp3) is 0.611. The maximum absolute atomic E-state index is 13.2. The highest BCUT2D eigenvalue weighted by Crippen LogP contribution is 2.40. The molecule has 1 aromatic rings. The molecule has 2 N–H and O–H groups in total. The van der Waals surface area contributed by atoms with E-state index in [-0.39, 0.29) is 23.1 Å². The van der Waals surface area contributed by atoms with Crippen LogP contribution in [0.1, 0.15) is 44.1 Å². The molecule has 22 heavy (non-hydrogen) atoms. The van der Waals surface area contributed by atoms with Gasteiger partial charge in [-0.25, -0.2) is 4.39 Å². The third-order valence-corrected chi connectivity index (χ3v) is 5.29. The Labute approximate surface area is 131 Å². The Morgan fingerprint density at radius 1 is 1.23 bits per heavy atom. The second-order valence-electron chi connectivity index (χ2n) is 6.76. The Bertz CT molecular complexity index is 502. The summed E-state index contributed by atoms with van der Waals surface area (Å²) in [5.74, 6) is 0.0650. The molecule has 1 saturated heterocycles. The molecule has 1 aliphatic heterocycles. The number of carbonyl (C=O) groups excluding carboxylic acids is 1. The standard InChI is InChI=1S/C18H25FN2O/c19-16-7-5-15(6-8-16)18(9-1-2-10-18)13-21-17(22)14-4-3-11-20-12-14/h5-8,14,20H,1-4,9-13H2,(H,21,22). The van der Waals surface area contributed by atoms with Gasteiger partial charge in [0.2, 0.25) is 5.91 Å². The first-order valence-electron chi connectivity index (χ1n) is 8.44. The second kappa shape index (κ2) is 6.78. The predicted octanol–water partition coefficient (Wildman–Crippen LogP) is 2.75. The molecule has 2 fully saturated rings. The van der Waals surface area contributed by atoms with Gasteiger partial charge < -0.3 is 10.6 Å². The fourth-order valence-electron chi connectivity index (χ4n) is 3.90. The van der Waals surface area contributed by atoms with Crippen LogP contribution in [0.2, 0.25) is 0 Å². The van der Waals surface area contributed by atoms with E-state index >= 15 is 0 Å². The second-order valence-corrected chi connectivity index (χ2v) is 6.76. The number of hydrogen-bond donors (Lipinski definition) is 2. The van der Waals surface area contributed by atoms with E-state index in [9.17, 15) is 9.18 Å². The summed E-state index contributed by atoms with van der Waals surface area (Å²) in [6, 6.07) is 6.83. The lowest BCUT2D eigenvalue weighted by atomic mass is 9.78. The van der Waals surface area contributed by atoms with Crippen molar-refractivity contribution < 1.29 is 9.18 Å². The van der Waals surface area contributed by atoms with Gasteiger partial charge in [-0.15, -0.1) is 0 Å². The Morgan fingerprint density at radius 3 is 2.59 bits per heavy atom. The summed E-state index contributed by atoms with van der Waals surface area (Å²) in [5.41, 5.74) is 1.15. The van der Waals surface area contributed by atoms with Crippen LogP contribution in [0.3, 0.4) is 0 Å². The normalized spacial score (nSPS) is 24.1. The highest BCUT2D eigenvalue weighted by molar-refractivity contribution is 5.79. The lowest BCUT2D eigenvalue weighted by molar-refractivity contribution is -0.125. The van der Waals surface area contributed by atoms with Crippen molar-refractivity contribution >= 4 is 5.91 Å². The van der Waals surface area contributed by atoms with E-state index in [1.54, 1.807) is 0 Å². The van der Waals surface area contributed by atoms with Crippen LogP contribution in [0.4, 0.5) is 4.39 Å². The van der Waals surface area contributed by atoms with Crippen LogP contribution in [-0.4, -0.2) is 25.5 Å². The van der Waals surface area contributed by atoms with E-state index in [1.165, 1.54) is 25.0 Å². The molecule has 0 aromatic heterocycles. The highest BCUT2D eigenvalue weighted by Gasteiger charge is 2.36. The molecule has 0 spiro atoms. The molecule has 4 heteroatoms. The molecule has 1 unspecified atom stereocenters. The molecule has 2 aliphatic rings. The zero-order valence-corrected chi connectivity index (χ0v) is 13.0. The van der Waals surface area contributed by atoms with Gasteiger partial charge in [0.15, 0.2) is 0 Å². The van der Waals surface area contributed by atoms with E-state index in [0.717, 1.165) is 44.3 Å². The summed E-state index contributed by atoms with van der Waals surface area (Å²) < 4.78 is 13.2. The lowest BCUT2D eigenvalue weighted by Crippen LogP contribution is -2.45. The van der Waals surface area contributed by atoms with Crippen LogP contribution in [-0.2, 0) is 10.2 Å². The minimum absolute atomic E-state index is 0.00848. The topological polar surface area (TPSA) is 41.1 Å². The van der Waals surface area contributed by atoms with Crippen LogP contribution in [0.25, 0.3) is 0 Å². The van der Waals surface area contributed by atoms with Gasteiger partial charge in [0.1, 0.15) is 5.82 Å². The van der Waals surface area contributed by atoms with Crippen LogP contribution in [0.5, 0.6) is 0 Å². The van der Waals surface area contributed by atoms with Crippen molar-refractivity contribution in [2.45, 2.75) is 43.9 Å².